The number of carbonyl (C=O) groups is 2. The van der Waals surface area contributed by atoms with Crippen molar-refractivity contribution in [3.63, 3.8) is 0 Å². The lowest BCUT2D eigenvalue weighted by Gasteiger charge is -2.17. The highest BCUT2D eigenvalue weighted by molar-refractivity contribution is 5.94. The summed E-state index contributed by atoms with van der Waals surface area (Å²) >= 11 is 0. The minimum absolute atomic E-state index is 0.0207. The molecule has 2 aromatic rings. The van der Waals surface area contributed by atoms with Crippen molar-refractivity contribution in [3.8, 4) is 0 Å². The van der Waals surface area contributed by atoms with Gasteiger partial charge in [-0.05, 0) is 43.0 Å². The Kier molecular flexibility index (Phi) is 7.85. The molecule has 2 atom stereocenters. The molecule has 2 aromatic carbocycles. The van der Waals surface area contributed by atoms with Crippen LogP contribution in [0.2, 0.25) is 0 Å². The number of aryl methyl sites for hydroxylation is 1. The van der Waals surface area contributed by atoms with Gasteiger partial charge in [0.25, 0.3) is 0 Å². The van der Waals surface area contributed by atoms with Gasteiger partial charge in [0.15, 0.2) is 0 Å². The van der Waals surface area contributed by atoms with Gasteiger partial charge in [-0.1, -0.05) is 36.4 Å². The van der Waals surface area contributed by atoms with E-state index in [2.05, 4.69) is 10.6 Å². The molecule has 2 rings (SSSR count). The second-order valence-electron chi connectivity index (χ2n) is 6.83. The highest BCUT2D eigenvalue weighted by Gasteiger charge is 2.19. The van der Waals surface area contributed by atoms with Crippen molar-refractivity contribution >= 4 is 17.6 Å². The fourth-order valence-corrected chi connectivity index (χ4v) is 2.63. The van der Waals surface area contributed by atoms with Gasteiger partial charge in [-0.15, -0.1) is 0 Å². The monoisotopic (exact) mass is 399 g/mol. The quantitative estimate of drug-likeness (QED) is 0.320. The molecule has 0 aliphatic heterocycles. The van der Waals surface area contributed by atoms with Crippen LogP contribution in [0.1, 0.15) is 30.0 Å². The van der Waals surface area contributed by atoms with Crippen LogP contribution in [0.15, 0.2) is 48.5 Å². The lowest BCUT2D eigenvalue weighted by molar-refractivity contribution is -0.129. The van der Waals surface area contributed by atoms with Crippen molar-refractivity contribution in [2.45, 2.75) is 38.4 Å². The summed E-state index contributed by atoms with van der Waals surface area (Å²) in [7, 11) is 0. The Morgan fingerprint density at radius 1 is 1.03 bits per heavy atom. The van der Waals surface area contributed by atoms with Gasteiger partial charge in [0.05, 0.1) is 6.04 Å². The van der Waals surface area contributed by atoms with E-state index < -0.39 is 18.0 Å². The molecule has 0 aliphatic rings. The predicted octanol–water partition coefficient (Wildman–Crippen LogP) is 1.19. The number of nitrogens with two attached hydrogens (primary N) is 2. The SMILES string of the molecule is C[C@H](NC(=O)[C@H](N)CCc1ccc(F)cc1)C(=O)NCc1ccc(C(=N)N)cc1. The van der Waals surface area contributed by atoms with Crippen molar-refractivity contribution in [2.75, 3.05) is 0 Å². The standard InChI is InChI=1S/C21H26FN5O2/c1-13(20(28)26-12-15-2-7-16(8-3-15)19(24)25)27-21(29)18(23)11-6-14-4-9-17(22)10-5-14/h2-5,7-10,13,18H,6,11-12,23H2,1H3,(H3,24,25)(H,26,28)(H,27,29)/t13-,18+/m0/s1. The predicted molar refractivity (Wildman–Crippen MR) is 110 cm³/mol. The molecule has 154 valence electrons. The fourth-order valence-electron chi connectivity index (χ4n) is 2.63. The Morgan fingerprint density at radius 2 is 1.62 bits per heavy atom. The van der Waals surface area contributed by atoms with Crippen LogP contribution in [0, 0.1) is 11.2 Å². The Morgan fingerprint density at radius 3 is 2.21 bits per heavy atom. The molecule has 0 aromatic heterocycles. The van der Waals surface area contributed by atoms with E-state index in [1.54, 1.807) is 43.3 Å². The molecule has 7 nitrogen and oxygen atoms in total. The van der Waals surface area contributed by atoms with Gasteiger partial charge in [0, 0.05) is 12.1 Å². The molecule has 0 unspecified atom stereocenters. The van der Waals surface area contributed by atoms with Crippen molar-refractivity contribution < 1.29 is 14.0 Å². The van der Waals surface area contributed by atoms with Crippen molar-refractivity contribution in [3.05, 3.63) is 71.0 Å². The normalized spacial score (nSPS) is 12.7. The van der Waals surface area contributed by atoms with E-state index in [0.29, 0.717) is 18.4 Å². The summed E-state index contributed by atoms with van der Waals surface area (Å²) in [6, 6.07) is 11.5. The Balaban J connectivity index is 1.76. The molecule has 0 bridgehead atoms. The smallest absolute Gasteiger partial charge is 0.242 e. The second-order valence-corrected chi connectivity index (χ2v) is 6.83. The van der Waals surface area contributed by atoms with Crippen LogP contribution in [0.25, 0.3) is 0 Å². The molecule has 8 heteroatoms. The van der Waals surface area contributed by atoms with E-state index in [4.69, 9.17) is 16.9 Å². The number of hydrogen-bond donors (Lipinski definition) is 5. The summed E-state index contributed by atoms with van der Waals surface area (Å²) in [4.78, 5) is 24.4. The highest BCUT2D eigenvalue weighted by atomic mass is 19.1. The van der Waals surface area contributed by atoms with E-state index in [-0.39, 0.29) is 24.1 Å². The van der Waals surface area contributed by atoms with Gasteiger partial charge in [0.2, 0.25) is 11.8 Å². The average molecular weight is 399 g/mol. The number of benzene rings is 2. The summed E-state index contributed by atoms with van der Waals surface area (Å²) in [5, 5.41) is 12.7. The third-order valence-electron chi connectivity index (χ3n) is 4.48. The number of halogens is 1. The molecule has 0 radical (unpaired) electrons. The van der Waals surface area contributed by atoms with Crippen molar-refractivity contribution in [1.82, 2.24) is 10.6 Å². The molecule has 0 spiro atoms. The van der Waals surface area contributed by atoms with E-state index >= 15 is 0 Å². The van der Waals surface area contributed by atoms with Crippen LogP contribution in [0.5, 0.6) is 0 Å². The first-order valence-corrected chi connectivity index (χ1v) is 9.27. The Hall–Kier alpha value is -3.26. The van der Waals surface area contributed by atoms with Crippen LogP contribution in [0.4, 0.5) is 4.39 Å². The largest absolute Gasteiger partial charge is 0.384 e. The third kappa shape index (κ3) is 7.00. The number of amides is 2. The Bertz CT molecular complexity index is 852. The van der Waals surface area contributed by atoms with E-state index in [9.17, 15) is 14.0 Å². The number of nitrogen functional groups attached to an aromatic ring is 1. The Labute approximate surface area is 169 Å². The number of carbonyl (C=O) groups excluding carboxylic acids is 2. The lowest BCUT2D eigenvalue weighted by atomic mass is 10.0. The van der Waals surface area contributed by atoms with Crippen molar-refractivity contribution in [1.29, 1.82) is 5.41 Å². The van der Waals surface area contributed by atoms with Crippen LogP contribution in [-0.4, -0.2) is 29.7 Å². The van der Waals surface area contributed by atoms with Gasteiger partial charge in [-0.3, -0.25) is 15.0 Å². The molecule has 29 heavy (non-hydrogen) atoms. The van der Waals surface area contributed by atoms with Gasteiger partial charge in [-0.25, -0.2) is 4.39 Å². The highest BCUT2D eigenvalue weighted by Crippen LogP contribution is 2.07. The first-order valence-electron chi connectivity index (χ1n) is 9.27. The maximum atomic E-state index is 12.9. The topological polar surface area (TPSA) is 134 Å². The molecule has 0 saturated carbocycles. The maximum absolute atomic E-state index is 12.9. The third-order valence-corrected chi connectivity index (χ3v) is 4.48. The van der Waals surface area contributed by atoms with Crippen LogP contribution in [-0.2, 0) is 22.6 Å². The summed E-state index contributed by atoms with van der Waals surface area (Å²) in [5.41, 5.74) is 13.6. The molecular formula is C21H26FN5O2. The second kappa shape index (κ2) is 10.3. The summed E-state index contributed by atoms with van der Waals surface area (Å²) in [6.07, 6.45) is 0.917. The fraction of sp³-hybridized carbons (Fsp3) is 0.286. The van der Waals surface area contributed by atoms with Gasteiger partial charge in [-0.2, -0.15) is 0 Å². The number of nitrogens with one attached hydrogen (secondary N) is 3. The van der Waals surface area contributed by atoms with E-state index in [1.165, 1.54) is 12.1 Å². The van der Waals surface area contributed by atoms with E-state index in [0.717, 1.165) is 11.1 Å². The number of rotatable bonds is 9. The zero-order valence-electron chi connectivity index (χ0n) is 16.2. The number of hydrogen-bond acceptors (Lipinski definition) is 4. The zero-order valence-corrected chi connectivity index (χ0v) is 16.2. The summed E-state index contributed by atoms with van der Waals surface area (Å²) in [5.74, 6) is -1.08. The molecule has 0 heterocycles. The molecular weight excluding hydrogens is 373 g/mol. The minimum Gasteiger partial charge on any atom is -0.384 e. The van der Waals surface area contributed by atoms with Crippen LogP contribution in [0.3, 0.4) is 0 Å². The molecule has 7 N–H and O–H groups in total. The van der Waals surface area contributed by atoms with Crippen LogP contribution >= 0.6 is 0 Å². The first kappa shape index (κ1) is 22.0. The molecule has 0 fully saturated rings. The summed E-state index contributed by atoms with van der Waals surface area (Å²) < 4.78 is 12.9. The van der Waals surface area contributed by atoms with Gasteiger partial charge < -0.3 is 22.1 Å². The average Bonchev–Trinajstić information content (AvgIpc) is 2.71. The van der Waals surface area contributed by atoms with Crippen molar-refractivity contribution in [2.24, 2.45) is 11.5 Å². The van der Waals surface area contributed by atoms with Gasteiger partial charge >= 0.3 is 0 Å². The lowest BCUT2D eigenvalue weighted by Crippen LogP contribution is -2.50. The molecule has 2 amide bonds. The zero-order chi connectivity index (χ0) is 21.4. The van der Waals surface area contributed by atoms with E-state index in [1.807, 2.05) is 0 Å². The summed E-state index contributed by atoms with van der Waals surface area (Å²) in [6.45, 7) is 1.87. The van der Waals surface area contributed by atoms with Gasteiger partial charge in [0.1, 0.15) is 17.7 Å². The number of amidine groups is 1. The first-order chi connectivity index (χ1) is 13.8. The maximum Gasteiger partial charge on any atom is 0.242 e. The molecule has 0 aliphatic carbocycles. The minimum atomic E-state index is -0.769. The molecule has 0 saturated heterocycles. The van der Waals surface area contributed by atoms with Crippen LogP contribution < -0.4 is 22.1 Å².